The van der Waals surface area contributed by atoms with Crippen LogP contribution in [0.25, 0.3) is 21.9 Å². The molecule has 0 saturated carbocycles. The standard InChI is InChI=1S/C20H15NSe/c1-2-9-16-15(7-1)8-5-11-17(16)18-10-3-4-12-19(18)21-20-13-6-14-22-20/h1-14,21H. The van der Waals surface area contributed by atoms with Gasteiger partial charge in [-0.2, -0.15) is 0 Å². The van der Waals surface area contributed by atoms with Crippen molar-refractivity contribution >= 4 is 35.5 Å². The molecule has 0 aliphatic rings. The Morgan fingerprint density at radius 1 is 0.636 bits per heavy atom. The first kappa shape index (κ1) is 13.4. The van der Waals surface area contributed by atoms with Gasteiger partial charge in [0.2, 0.25) is 0 Å². The predicted molar refractivity (Wildman–Crippen MR) is 96.0 cm³/mol. The van der Waals surface area contributed by atoms with Gasteiger partial charge in [-0.3, -0.25) is 0 Å². The van der Waals surface area contributed by atoms with Crippen LogP contribution >= 0.6 is 0 Å². The molecule has 0 fully saturated rings. The van der Waals surface area contributed by atoms with Crippen LogP contribution in [0.3, 0.4) is 0 Å². The summed E-state index contributed by atoms with van der Waals surface area (Å²) in [6, 6.07) is 27.9. The molecule has 0 saturated heterocycles. The average Bonchev–Trinajstić information content (AvgIpc) is 3.08. The molecule has 0 radical (unpaired) electrons. The fourth-order valence-electron chi connectivity index (χ4n) is 2.77. The molecule has 0 spiro atoms. The molecule has 0 amide bonds. The van der Waals surface area contributed by atoms with E-state index in [1.165, 1.54) is 32.1 Å². The van der Waals surface area contributed by atoms with Crippen molar-refractivity contribution in [3.63, 3.8) is 0 Å². The van der Waals surface area contributed by atoms with Crippen molar-refractivity contribution in [2.24, 2.45) is 0 Å². The van der Waals surface area contributed by atoms with Crippen molar-refractivity contribution in [1.82, 2.24) is 0 Å². The van der Waals surface area contributed by atoms with Gasteiger partial charge in [0.1, 0.15) is 0 Å². The van der Waals surface area contributed by atoms with Crippen molar-refractivity contribution in [3.05, 3.63) is 83.8 Å². The first-order valence-electron chi connectivity index (χ1n) is 7.29. The van der Waals surface area contributed by atoms with E-state index in [0.29, 0.717) is 14.5 Å². The molecule has 0 atom stereocenters. The molecule has 1 heterocycles. The normalized spacial score (nSPS) is 10.7. The van der Waals surface area contributed by atoms with Crippen molar-refractivity contribution in [2.45, 2.75) is 0 Å². The van der Waals surface area contributed by atoms with Crippen molar-refractivity contribution in [1.29, 1.82) is 0 Å². The summed E-state index contributed by atoms with van der Waals surface area (Å²) in [5.41, 5.74) is 3.71. The minimum absolute atomic E-state index is 0.422. The zero-order valence-electron chi connectivity index (χ0n) is 12.0. The molecule has 4 rings (SSSR count). The zero-order valence-corrected chi connectivity index (χ0v) is 13.7. The van der Waals surface area contributed by atoms with Crippen molar-refractivity contribution in [2.75, 3.05) is 5.32 Å². The van der Waals surface area contributed by atoms with Crippen LogP contribution in [0.5, 0.6) is 0 Å². The van der Waals surface area contributed by atoms with Gasteiger partial charge < -0.3 is 0 Å². The monoisotopic (exact) mass is 349 g/mol. The molecular weight excluding hydrogens is 333 g/mol. The van der Waals surface area contributed by atoms with E-state index < -0.39 is 0 Å². The van der Waals surface area contributed by atoms with Crippen LogP contribution in [0.4, 0.5) is 10.2 Å². The molecule has 3 aromatic carbocycles. The predicted octanol–water partition coefficient (Wildman–Crippen LogP) is 5.31. The van der Waals surface area contributed by atoms with E-state index in [1.807, 2.05) is 0 Å². The van der Waals surface area contributed by atoms with Crippen LogP contribution in [-0.4, -0.2) is 14.5 Å². The maximum absolute atomic E-state index is 3.60. The summed E-state index contributed by atoms with van der Waals surface area (Å²) in [5.74, 6) is 0. The Hall–Kier alpha value is -2.28. The summed E-state index contributed by atoms with van der Waals surface area (Å²) in [7, 11) is 0. The van der Waals surface area contributed by atoms with E-state index in [-0.39, 0.29) is 0 Å². The molecule has 0 aliphatic heterocycles. The van der Waals surface area contributed by atoms with Gasteiger partial charge in [0.05, 0.1) is 0 Å². The van der Waals surface area contributed by atoms with Gasteiger partial charge in [0.15, 0.2) is 0 Å². The number of benzene rings is 3. The van der Waals surface area contributed by atoms with Gasteiger partial charge in [-0.15, -0.1) is 0 Å². The molecule has 0 aliphatic carbocycles. The zero-order chi connectivity index (χ0) is 14.8. The molecule has 1 nitrogen and oxygen atoms in total. The Labute approximate surface area is 136 Å². The van der Waals surface area contributed by atoms with Crippen molar-refractivity contribution < 1.29 is 0 Å². The number of anilines is 2. The maximum atomic E-state index is 3.60. The third-order valence-corrected chi connectivity index (χ3v) is 5.43. The Balaban J connectivity index is 1.88. The molecule has 22 heavy (non-hydrogen) atoms. The minimum atomic E-state index is 0.422. The second kappa shape index (κ2) is 5.84. The summed E-state index contributed by atoms with van der Waals surface area (Å²) in [6.45, 7) is 0. The second-order valence-corrected chi connectivity index (χ2v) is 7.16. The van der Waals surface area contributed by atoms with E-state index in [2.05, 4.69) is 89.1 Å². The fraction of sp³-hybridized carbons (Fsp3) is 0. The number of hydrogen-bond donors (Lipinski definition) is 1. The Morgan fingerprint density at radius 3 is 2.32 bits per heavy atom. The summed E-state index contributed by atoms with van der Waals surface area (Å²) in [6.07, 6.45) is 0. The van der Waals surface area contributed by atoms with Crippen LogP contribution in [-0.2, 0) is 0 Å². The van der Waals surface area contributed by atoms with Gasteiger partial charge in [-0.1, -0.05) is 0 Å². The van der Waals surface area contributed by atoms with E-state index >= 15 is 0 Å². The average molecular weight is 348 g/mol. The number of hydrogen-bond acceptors (Lipinski definition) is 1. The van der Waals surface area contributed by atoms with Crippen LogP contribution in [0, 0.1) is 0 Å². The van der Waals surface area contributed by atoms with Crippen LogP contribution in [0.15, 0.2) is 83.8 Å². The topological polar surface area (TPSA) is 12.0 Å². The van der Waals surface area contributed by atoms with E-state index in [0.717, 1.165) is 0 Å². The quantitative estimate of drug-likeness (QED) is 0.495. The second-order valence-electron chi connectivity index (χ2n) is 5.17. The Bertz CT molecular complexity index is 905. The van der Waals surface area contributed by atoms with Gasteiger partial charge in [-0.05, 0) is 0 Å². The van der Waals surface area contributed by atoms with Crippen LogP contribution in [0.2, 0.25) is 0 Å². The van der Waals surface area contributed by atoms with Gasteiger partial charge in [0, 0.05) is 0 Å². The molecule has 0 bridgehead atoms. The summed E-state index contributed by atoms with van der Waals surface area (Å²) in [4.78, 5) is 2.23. The van der Waals surface area contributed by atoms with Gasteiger partial charge in [-0.25, -0.2) is 0 Å². The number of rotatable bonds is 3. The van der Waals surface area contributed by atoms with Crippen molar-refractivity contribution in [3.8, 4) is 11.1 Å². The first-order valence-corrected chi connectivity index (χ1v) is 9.14. The van der Waals surface area contributed by atoms with Gasteiger partial charge >= 0.3 is 136 Å². The number of para-hydroxylation sites is 1. The SMILES string of the molecule is c1c[se]c(Nc2ccccc2-c2cccc3ccccc23)c1. The Kier molecular flexibility index (Phi) is 3.55. The molecule has 1 N–H and O–H groups in total. The van der Waals surface area contributed by atoms with Crippen LogP contribution < -0.4 is 5.32 Å². The number of nitrogens with one attached hydrogen (secondary N) is 1. The molecule has 1 aromatic heterocycles. The Morgan fingerprint density at radius 2 is 1.41 bits per heavy atom. The first-order chi connectivity index (χ1) is 10.9. The van der Waals surface area contributed by atoms with E-state index in [4.69, 9.17) is 0 Å². The molecule has 4 aromatic rings. The van der Waals surface area contributed by atoms with E-state index in [9.17, 15) is 0 Å². The number of fused-ring (bicyclic) bond motifs is 1. The summed E-state index contributed by atoms with van der Waals surface area (Å²) < 4.78 is 1.31. The molecule has 106 valence electrons. The molecule has 0 unspecified atom stereocenters. The third-order valence-electron chi connectivity index (χ3n) is 3.79. The van der Waals surface area contributed by atoms with E-state index in [1.54, 1.807) is 0 Å². The fourth-order valence-corrected chi connectivity index (χ4v) is 4.09. The third kappa shape index (κ3) is 2.48. The summed E-state index contributed by atoms with van der Waals surface area (Å²) >= 11 is 0.422. The van der Waals surface area contributed by atoms with Gasteiger partial charge in [0.25, 0.3) is 0 Å². The molecule has 2 heteroatoms. The van der Waals surface area contributed by atoms with Crippen LogP contribution in [0.1, 0.15) is 0 Å². The summed E-state index contributed by atoms with van der Waals surface area (Å²) in [5, 5.41) is 6.17. The molecular formula is C20H15NSe.